The van der Waals surface area contributed by atoms with E-state index < -0.39 is 30.2 Å². The molecule has 0 saturated heterocycles. The number of halogens is 2. The molecule has 27 heavy (non-hydrogen) atoms. The lowest BCUT2D eigenvalue weighted by atomic mass is 10.1. The highest BCUT2D eigenvalue weighted by atomic mass is 35.5. The molecule has 6 nitrogen and oxygen atoms in total. The second kappa shape index (κ2) is 9.68. The van der Waals surface area contributed by atoms with Crippen molar-refractivity contribution in [3.63, 3.8) is 0 Å². The zero-order valence-corrected chi connectivity index (χ0v) is 15.3. The van der Waals surface area contributed by atoms with Crippen molar-refractivity contribution < 1.29 is 23.5 Å². The lowest BCUT2D eigenvalue weighted by Gasteiger charge is -2.17. The monoisotopic (exact) mass is 392 g/mol. The summed E-state index contributed by atoms with van der Waals surface area (Å²) < 4.78 is 18.0. The van der Waals surface area contributed by atoms with Gasteiger partial charge in [0.05, 0.1) is 23.7 Å². The van der Waals surface area contributed by atoms with E-state index in [0.717, 1.165) is 4.90 Å². The largest absolute Gasteiger partial charge is 0.455 e. The van der Waals surface area contributed by atoms with Crippen molar-refractivity contribution in [2.75, 3.05) is 25.5 Å². The van der Waals surface area contributed by atoms with Crippen LogP contribution in [0.15, 0.2) is 48.5 Å². The number of carbonyl (C=O) groups is 3. The number of nitrogens with one attached hydrogen (secondary N) is 1. The van der Waals surface area contributed by atoms with Gasteiger partial charge in [-0.25, -0.2) is 4.39 Å². The fourth-order valence-electron chi connectivity index (χ4n) is 2.17. The molecular weight excluding hydrogens is 375 g/mol. The molecule has 0 aliphatic heterocycles. The Hall–Kier alpha value is -2.93. The Morgan fingerprint density at radius 1 is 1.15 bits per heavy atom. The topological polar surface area (TPSA) is 75.7 Å². The van der Waals surface area contributed by atoms with E-state index in [1.54, 1.807) is 30.3 Å². The van der Waals surface area contributed by atoms with Crippen molar-refractivity contribution in [1.82, 2.24) is 4.90 Å². The Labute approximate surface area is 160 Å². The number of likely N-dealkylation sites (N-methyl/N-ethyl adjacent to an activating group) is 1. The van der Waals surface area contributed by atoms with Crippen molar-refractivity contribution in [3.05, 3.63) is 64.9 Å². The number of benzene rings is 2. The van der Waals surface area contributed by atoms with E-state index in [2.05, 4.69) is 5.32 Å². The van der Waals surface area contributed by atoms with E-state index in [4.69, 9.17) is 16.3 Å². The summed E-state index contributed by atoms with van der Waals surface area (Å²) in [5.41, 5.74) is 0.881. The highest BCUT2D eigenvalue weighted by Gasteiger charge is 2.16. The van der Waals surface area contributed by atoms with Crippen LogP contribution < -0.4 is 5.32 Å². The Morgan fingerprint density at radius 3 is 2.59 bits per heavy atom. The lowest BCUT2D eigenvalue weighted by molar-refractivity contribution is -0.151. The van der Waals surface area contributed by atoms with Gasteiger partial charge in [-0.15, -0.1) is 0 Å². The molecule has 0 aliphatic rings. The fourth-order valence-corrected chi connectivity index (χ4v) is 2.36. The maximum Gasteiger partial charge on any atom is 0.310 e. The summed E-state index contributed by atoms with van der Waals surface area (Å²) in [5, 5.41) is 2.97. The Bertz CT molecular complexity index is 844. The molecule has 0 aromatic heterocycles. The van der Waals surface area contributed by atoms with Gasteiger partial charge in [-0.3, -0.25) is 14.4 Å². The smallest absolute Gasteiger partial charge is 0.310 e. The summed E-state index contributed by atoms with van der Waals surface area (Å²) in [6, 6.07) is 12.3. The molecule has 2 amide bonds. The molecule has 0 unspecified atom stereocenters. The van der Waals surface area contributed by atoms with Gasteiger partial charge in [0.1, 0.15) is 5.82 Å². The number of nitrogens with zero attached hydrogens (tertiary/aromatic N) is 1. The number of hydrogen-bond acceptors (Lipinski definition) is 4. The van der Waals surface area contributed by atoms with Crippen molar-refractivity contribution >= 4 is 35.1 Å². The van der Waals surface area contributed by atoms with Crippen LogP contribution in [0.25, 0.3) is 0 Å². The number of para-hydroxylation sites is 1. The quantitative estimate of drug-likeness (QED) is 0.735. The molecule has 0 spiro atoms. The Kier molecular flexibility index (Phi) is 7.31. The van der Waals surface area contributed by atoms with Gasteiger partial charge in [-0.1, -0.05) is 35.9 Å². The summed E-state index contributed by atoms with van der Waals surface area (Å²) in [6.45, 7) is -0.741. The maximum atomic E-state index is 13.1. The number of esters is 1. The zero-order valence-electron chi connectivity index (χ0n) is 14.6. The van der Waals surface area contributed by atoms with Gasteiger partial charge in [0.2, 0.25) is 5.91 Å². The third-order valence-corrected chi connectivity index (χ3v) is 3.88. The van der Waals surface area contributed by atoms with Gasteiger partial charge in [-0.05, 0) is 29.8 Å². The summed E-state index contributed by atoms with van der Waals surface area (Å²) in [5.74, 6) is -2.11. The van der Waals surface area contributed by atoms with Crippen molar-refractivity contribution in [3.8, 4) is 0 Å². The minimum absolute atomic E-state index is 0.151. The molecule has 0 saturated carbocycles. The van der Waals surface area contributed by atoms with Gasteiger partial charge < -0.3 is 15.0 Å². The predicted octanol–water partition coefficient (Wildman–Crippen LogP) is 2.66. The summed E-state index contributed by atoms with van der Waals surface area (Å²) >= 11 is 5.95. The first kappa shape index (κ1) is 20.4. The average molecular weight is 393 g/mol. The molecule has 0 aliphatic carbocycles. The molecule has 142 valence electrons. The lowest BCUT2D eigenvalue weighted by Crippen LogP contribution is -2.37. The van der Waals surface area contributed by atoms with Gasteiger partial charge in [0.15, 0.2) is 6.61 Å². The summed E-state index contributed by atoms with van der Waals surface area (Å²) in [6.07, 6.45) is -0.151. The molecule has 1 N–H and O–H groups in total. The van der Waals surface area contributed by atoms with Crippen LogP contribution in [0.3, 0.4) is 0 Å². The van der Waals surface area contributed by atoms with Gasteiger partial charge in [0.25, 0.3) is 5.91 Å². The average Bonchev–Trinajstić information content (AvgIpc) is 2.61. The van der Waals surface area contributed by atoms with E-state index in [1.807, 2.05) is 0 Å². The number of anilines is 1. The van der Waals surface area contributed by atoms with Crippen molar-refractivity contribution in [2.24, 2.45) is 0 Å². The van der Waals surface area contributed by atoms with Crippen LogP contribution in [0.1, 0.15) is 5.56 Å². The number of rotatable bonds is 7. The molecule has 0 bridgehead atoms. The van der Waals surface area contributed by atoms with Crippen molar-refractivity contribution in [2.45, 2.75) is 6.42 Å². The van der Waals surface area contributed by atoms with Crippen LogP contribution in [0.5, 0.6) is 0 Å². The minimum Gasteiger partial charge on any atom is -0.455 e. The van der Waals surface area contributed by atoms with Gasteiger partial charge >= 0.3 is 5.97 Å². The van der Waals surface area contributed by atoms with Crippen LogP contribution >= 0.6 is 11.6 Å². The first-order valence-electron chi connectivity index (χ1n) is 8.03. The predicted molar refractivity (Wildman–Crippen MR) is 98.8 cm³/mol. The SMILES string of the molecule is CN(CC(=O)Nc1ccccc1Cl)C(=O)COC(=O)Cc1cccc(F)c1. The van der Waals surface area contributed by atoms with Crippen molar-refractivity contribution in [1.29, 1.82) is 0 Å². The van der Waals surface area contributed by atoms with Crippen LogP contribution in [-0.4, -0.2) is 42.9 Å². The van der Waals surface area contributed by atoms with Crippen LogP contribution in [0.4, 0.5) is 10.1 Å². The number of amides is 2. The summed E-state index contributed by atoms with van der Waals surface area (Å²) in [4.78, 5) is 36.8. The van der Waals surface area contributed by atoms with E-state index in [9.17, 15) is 18.8 Å². The van der Waals surface area contributed by atoms with E-state index in [1.165, 1.54) is 25.2 Å². The molecule has 2 aromatic carbocycles. The number of hydrogen-bond donors (Lipinski definition) is 1. The molecule has 2 rings (SSSR count). The van der Waals surface area contributed by atoms with E-state index in [0.29, 0.717) is 16.3 Å². The minimum atomic E-state index is -0.664. The van der Waals surface area contributed by atoms with Crippen LogP contribution in [-0.2, 0) is 25.5 Å². The zero-order chi connectivity index (χ0) is 19.8. The Balaban J connectivity index is 1.77. The highest BCUT2D eigenvalue weighted by Crippen LogP contribution is 2.20. The maximum absolute atomic E-state index is 13.1. The van der Waals surface area contributed by atoms with Crippen LogP contribution in [0, 0.1) is 5.82 Å². The van der Waals surface area contributed by atoms with Gasteiger partial charge in [0, 0.05) is 7.05 Å². The molecule has 0 radical (unpaired) electrons. The molecule has 0 atom stereocenters. The molecular formula is C19H18ClFN2O4. The van der Waals surface area contributed by atoms with E-state index >= 15 is 0 Å². The number of carbonyl (C=O) groups excluding carboxylic acids is 3. The highest BCUT2D eigenvalue weighted by molar-refractivity contribution is 6.33. The second-order valence-electron chi connectivity index (χ2n) is 5.75. The standard InChI is InChI=1S/C19H18ClFN2O4/c1-23(11-17(24)22-16-8-3-2-7-15(16)20)18(25)12-27-19(26)10-13-5-4-6-14(21)9-13/h2-9H,10-12H2,1H3,(H,22,24). The first-order valence-corrected chi connectivity index (χ1v) is 8.41. The Morgan fingerprint density at radius 2 is 1.89 bits per heavy atom. The second-order valence-corrected chi connectivity index (χ2v) is 6.15. The summed E-state index contributed by atoms with van der Waals surface area (Å²) in [7, 11) is 1.41. The fraction of sp³-hybridized carbons (Fsp3) is 0.211. The molecule has 2 aromatic rings. The number of ether oxygens (including phenoxy) is 1. The van der Waals surface area contributed by atoms with Gasteiger partial charge in [-0.2, -0.15) is 0 Å². The normalized spacial score (nSPS) is 10.2. The third-order valence-electron chi connectivity index (χ3n) is 3.55. The molecule has 8 heteroatoms. The van der Waals surface area contributed by atoms with E-state index in [-0.39, 0.29) is 13.0 Å². The van der Waals surface area contributed by atoms with Crippen LogP contribution in [0.2, 0.25) is 5.02 Å². The third kappa shape index (κ3) is 6.71. The molecule has 0 heterocycles. The first-order chi connectivity index (χ1) is 12.8. The molecule has 0 fully saturated rings.